The van der Waals surface area contributed by atoms with Crippen molar-refractivity contribution in [2.75, 3.05) is 33.0 Å². The van der Waals surface area contributed by atoms with E-state index in [1.54, 1.807) is 0 Å². The van der Waals surface area contributed by atoms with Crippen LogP contribution in [0.1, 0.15) is 251 Å². The van der Waals surface area contributed by atoms with Crippen LogP contribution in [0.25, 0.3) is 0 Å². The summed E-state index contributed by atoms with van der Waals surface area (Å²) in [6.45, 7) is 3.61. The van der Waals surface area contributed by atoms with E-state index in [1.165, 1.54) is 141 Å². The van der Waals surface area contributed by atoms with E-state index in [4.69, 9.17) is 28.4 Å². The predicted octanol–water partition coefficient (Wildman–Crippen LogP) is 12.8. The minimum Gasteiger partial charge on any atom is -0.457 e. The van der Waals surface area contributed by atoms with Gasteiger partial charge in [0.25, 0.3) is 0 Å². The number of aliphatic hydroxyl groups is 7. The van der Waals surface area contributed by atoms with Crippen LogP contribution in [0.3, 0.4) is 0 Å². The van der Waals surface area contributed by atoms with Gasteiger partial charge in [-0.05, 0) is 57.8 Å². The van der Waals surface area contributed by atoms with Gasteiger partial charge in [-0.1, -0.05) is 248 Å². The molecule has 0 saturated carbocycles. The summed E-state index contributed by atoms with van der Waals surface area (Å²) >= 11 is 0. The van der Waals surface area contributed by atoms with Crippen molar-refractivity contribution in [1.29, 1.82) is 0 Å². The number of rotatable bonds is 53. The van der Waals surface area contributed by atoms with Gasteiger partial charge in [-0.15, -0.1) is 0 Å². The average Bonchev–Trinajstić information content (AvgIpc) is 3.46. The maximum atomic E-state index is 13.1. The SMILES string of the molecule is CC/C=C\C/C=C\C/C=C\C/C=C\C/C=C\CCCCCCCCCC(=O)OC(COCCCCCCCCCCCCCCCCCCCCCCCCC)COC1OC(COC2OC(CO)C(O)C(O)C2O)C(O)C(O)C1O. The monoisotopic (exact) mass is 1130 g/mol. The molecule has 0 spiro atoms. The number of unbranched alkanes of at least 4 members (excludes halogenated alkanes) is 29. The highest BCUT2D eigenvalue weighted by molar-refractivity contribution is 5.69. The fourth-order valence-electron chi connectivity index (χ4n) is 10.1. The van der Waals surface area contributed by atoms with E-state index in [2.05, 4.69) is 74.6 Å². The van der Waals surface area contributed by atoms with Gasteiger partial charge in [-0.2, -0.15) is 0 Å². The molecule has 0 aliphatic carbocycles. The predicted molar refractivity (Wildman–Crippen MR) is 321 cm³/mol. The molecule has 0 bridgehead atoms. The highest BCUT2D eigenvalue weighted by atomic mass is 16.7. The van der Waals surface area contributed by atoms with Crippen molar-refractivity contribution in [1.82, 2.24) is 0 Å². The molecule has 14 nitrogen and oxygen atoms in total. The van der Waals surface area contributed by atoms with E-state index in [9.17, 15) is 40.5 Å². The molecule has 7 N–H and O–H groups in total. The molecule has 2 rings (SSSR count). The fraction of sp³-hybridized carbons (Fsp3) is 0.833. The van der Waals surface area contributed by atoms with E-state index in [1.807, 2.05) is 0 Å². The second-order valence-electron chi connectivity index (χ2n) is 22.6. The lowest BCUT2D eigenvalue weighted by Gasteiger charge is -2.42. The van der Waals surface area contributed by atoms with Crippen LogP contribution in [-0.2, 0) is 33.2 Å². The molecule has 2 heterocycles. The second-order valence-corrected chi connectivity index (χ2v) is 22.6. The molecule has 11 atom stereocenters. The summed E-state index contributed by atoms with van der Waals surface area (Å²) in [5.41, 5.74) is 0. The highest BCUT2D eigenvalue weighted by Crippen LogP contribution is 2.27. The summed E-state index contributed by atoms with van der Waals surface area (Å²) in [4.78, 5) is 13.1. The summed E-state index contributed by atoms with van der Waals surface area (Å²) in [6.07, 6.45) is 50.0. The minimum absolute atomic E-state index is 0.0579. The van der Waals surface area contributed by atoms with E-state index in [0.717, 1.165) is 83.5 Å². The Labute approximate surface area is 485 Å². The lowest BCUT2D eigenvalue weighted by atomic mass is 9.98. The van der Waals surface area contributed by atoms with Crippen molar-refractivity contribution >= 4 is 5.97 Å². The first-order valence-electron chi connectivity index (χ1n) is 32.4. The molecule has 2 saturated heterocycles. The van der Waals surface area contributed by atoms with Crippen molar-refractivity contribution < 1.29 is 69.0 Å². The number of hydrogen-bond acceptors (Lipinski definition) is 14. The zero-order valence-electron chi connectivity index (χ0n) is 50.3. The molecule has 2 aliphatic heterocycles. The third-order valence-electron chi connectivity index (χ3n) is 15.3. The molecule has 0 amide bonds. The summed E-state index contributed by atoms with van der Waals surface area (Å²) in [6, 6.07) is 0. The standard InChI is InChI=1S/C66H118O14/c1-3-5-7-9-11-13-15-17-19-21-23-25-27-29-31-33-35-37-39-41-43-45-47-49-58(68)78-55(53-76-65-64(74)62(72)60(70)57(80-65)54-77-66-63(73)61(71)59(69)56(51-67)79-66)52-75-50-48-46-44-42-40-38-36-34-32-30-28-26-24-22-20-18-16-14-12-10-8-6-4-2/h5,7,11,13,17,19,23,25,29,31,55-57,59-67,69-74H,3-4,6,8-10,12,14-16,18,20-22,24,26-28,30,32-54H2,1-2H3/b7-5-,13-11-,19-17-,25-23-,31-29-. The number of aliphatic hydroxyl groups excluding tert-OH is 7. The molecule has 0 aromatic carbocycles. The van der Waals surface area contributed by atoms with Crippen LogP contribution >= 0.6 is 0 Å². The van der Waals surface area contributed by atoms with Crippen LogP contribution in [0.4, 0.5) is 0 Å². The van der Waals surface area contributed by atoms with Gasteiger partial charge in [-0.25, -0.2) is 0 Å². The Bertz CT molecular complexity index is 1550. The Morgan fingerprint density at radius 3 is 1.27 bits per heavy atom. The van der Waals surface area contributed by atoms with Crippen LogP contribution in [0, 0.1) is 0 Å². The third-order valence-corrected chi connectivity index (χ3v) is 15.3. The first-order chi connectivity index (χ1) is 39.1. The van der Waals surface area contributed by atoms with Gasteiger partial charge < -0.3 is 64.2 Å². The lowest BCUT2D eigenvalue weighted by molar-refractivity contribution is -0.332. The second kappa shape index (κ2) is 52.3. The Morgan fingerprint density at radius 1 is 0.425 bits per heavy atom. The molecule has 2 aliphatic rings. The number of allylic oxidation sites excluding steroid dienone is 10. The van der Waals surface area contributed by atoms with Gasteiger partial charge in [0.1, 0.15) is 54.9 Å². The molecule has 11 unspecified atom stereocenters. The van der Waals surface area contributed by atoms with Crippen LogP contribution < -0.4 is 0 Å². The van der Waals surface area contributed by atoms with Crippen molar-refractivity contribution in [3.8, 4) is 0 Å². The molecule has 0 aromatic heterocycles. The Hall–Kier alpha value is -2.31. The Morgan fingerprint density at radius 2 is 0.812 bits per heavy atom. The van der Waals surface area contributed by atoms with E-state index in [0.29, 0.717) is 13.0 Å². The van der Waals surface area contributed by atoms with Crippen LogP contribution in [0.2, 0.25) is 0 Å². The normalized spacial score (nSPS) is 24.2. The molecular formula is C66H118O14. The number of carbonyl (C=O) groups excluding carboxylic acids is 1. The fourth-order valence-corrected chi connectivity index (χ4v) is 10.1. The topological polar surface area (TPSA) is 214 Å². The quantitative estimate of drug-likeness (QED) is 0.0172. The first-order valence-corrected chi connectivity index (χ1v) is 32.4. The molecule has 2 fully saturated rings. The van der Waals surface area contributed by atoms with Gasteiger partial charge >= 0.3 is 5.97 Å². The lowest BCUT2D eigenvalue weighted by Crippen LogP contribution is -2.61. The smallest absolute Gasteiger partial charge is 0.306 e. The Balaban J connectivity index is 1.68. The minimum atomic E-state index is -1.71. The molecule has 80 heavy (non-hydrogen) atoms. The van der Waals surface area contributed by atoms with Crippen molar-refractivity contribution in [3.63, 3.8) is 0 Å². The maximum absolute atomic E-state index is 13.1. The molecule has 466 valence electrons. The number of hydrogen-bond donors (Lipinski definition) is 7. The number of ether oxygens (including phenoxy) is 6. The Kier molecular flexibility index (Phi) is 48.2. The third kappa shape index (κ3) is 37.8. The van der Waals surface area contributed by atoms with Gasteiger partial charge in [0.05, 0.1) is 26.4 Å². The van der Waals surface area contributed by atoms with Gasteiger partial charge in [0.15, 0.2) is 12.6 Å². The van der Waals surface area contributed by atoms with Crippen LogP contribution in [0.5, 0.6) is 0 Å². The average molecular weight is 1140 g/mol. The number of carbonyl (C=O) groups is 1. The van der Waals surface area contributed by atoms with Crippen molar-refractivity contribution in [2.24, 2.45) is 0 Å². The van der Waals surface area contributed by atoms with Gasteiger partial charge in [-0.3, -0.25) is 4.79 Å². The summed E-state index contributed by atoms with van der Waals surface area (Å²) in [5, 5.41) is 72.5. The van der Waals surface area contributed by atoms with E-state index >= 15 is 0 Å². The summed E-state index contributed by atoms with van der Waals surface area (Å²) in [5.74, 6) is -0.384. The van der Waals surface area contributed by atoms with Gasteiger partial charge in [0, 0.05) is 13.0 Å². The van der Waals surface area contributed by atoms with Gasteiger partial charge in [0.2, 0.25) is 0 Å². The zero-order chi connectivity index (χ0) is 57.9. The first kappa shape index (κ1) is 73.8. The zero-order valence-corrected chi connectivity index (χ0v) is 50.3. The number of esters is 1. The van der Waals surface area contributed by atoms with Crippen molar-refractivity contribution in [3.05, 3.63) is 60.8 Å². The summed E-state index contributed by atoms with van der Waals surface area (Å²) in [7, 11) is 0. The van der Waals surface area contributed by atoms with E-state index in [-0.39, 0.29) is 25.6 Å². The molecular weight excluding hydrogens is 1020 g/mol. The molecule has 14 heteroatoms. The molecule has 0 radical (unpaired) electrons. The van der Waals surface area contributed by atoms with Crippen LogP contribution in [-0.4, -0.2) is 142 Å². The van der Waals surface area contributed by atoms with E-state index < -0.39 is 80.7 Å². The van der Waals surface area contributed by atoms with Crippen molar-refractivity contribution in [2.45, 2.75) is 319 Å². The maximum Gasteiger partial charge on any atom is 0.306 e. The molecule has 0 aromatic rings. The highest BCUT2D eigenvalue weighted by Gasteiger charge is 2.47. The summed E-state index contributed by atoms with van der Waals surface area (Å²) < 4.78 is 34.5. The van der Waals surface area contributed by atoms with Crippen LogP contribution in [0.15, 0.2) is 60.8 Å². The largest absolute Gasteiger partial charge is 0.457 e.